The van der Waals surface area contributed by atoms with Gasteiger partial charge >= 0.3 is 0 Å². The van der Waals surface area contributed by atoms with E-state index < -0.39 is 0 Å². The molecule has 11 rings (SSSR count). The van der Waals surface area contributed by atoms with Gasteiger partial charge in [0.25, 0.3) is 0 Å². The van der Waals surface area contributed by atoms with E-state index >= 15 is 0 Å². The van der Waals surface area contributed by atoms with Crippen LogP contribution in [0.25, 0.3) is 100 Å². The van der Waals surface area contributed by atoms with E-state index in [2.05, 4.69) is 166 Å². The van der Waals surface area contributed by atoms with Gasteiger partial charge in [-0.15, -0.1) is 0 Å². The summed E-state index contributed by atoms with van der Waals surface area (Å²) >= 11 is 0. The number of furan rings is 1. The summed E-state index contributed by atoms with van der Waals surface area (Å²) in [5.41, 5.74) is 13.9. The molecular weight excluding hydrogens is 683 g/mol. The first-order valence-corrected chi connectivity index (χ1v) is 19.1. The number of benzene rings is 8. The molecule has 8 aromatic carbocycles. The number of aromatic nitrogens is 3. The summed E-state index contributed by atoms with van der Waals surface area (Å²) in [5.74, 6) is 1.84. The molecule has 4 heteroatoms. The highest BCUT2D eigenvalue weighted by molar-refractivity contribution is 6.13. The molecule has 1 aliphatic rings. The van der Waals surface area contributed by atoms with Crippen molar-refractivity contribution in [2.75, 3.05) is 0 Å². The van der Waals surface area contributed by atoms with Gasteiger partial charge in [-0.3, -0.25) is 0 Å². The summed E-state index contributed by atoms with van der Waals surface area (Å²) in [5, 5.41) is 4.44. The number of rotatable bonds is 5. The smallest absolute Gasteiger partial charge is 0.164 e. The molecule has 0 atom stereocenters. The third-order valence-electron chi connectivity index (χ3n) is 11.5. The highest BCUT2D eigenvalue weighted by Crippen LogP contribution is 2.49. The Morgan fingerprint density at radius 2 is 0.946 bits per heavy atom. The molecule has 0 fully saturated rings. The predicted octanol–water partition coefficient (Wildman–Crippen LogP) is 13.6. The Bertz CT molecular complexity index is 3160. The number of hydrogen-bond donors (Lipinski definition) is 0. The first kappa shape index (κ1) is 32.3. The van der Waals surface area contributed by atoms with Crippen LogP contribution in [0.15, 0.2) is 180 Å². The van der Waals surface area contributed by atoms with Crippen molar-refractivity contribution >= 4 is 32.7 Å². The Hall–Kier alpha value is -7.17. The monoisotopic (exact) mass is 717 g/mol. The molecule has 0 unspecified atom stereocenters. The van der Waals surface area contributed by atoms with Gasteiger partial charge in [0.05, 0.1) is 0 Å². The zero-order valence-corrected chi connectivity index (χ0v) is 31.0. The van der Waals surface area contributed by atoms with E-state index in [-0.39, 0.29) is 5.41 Å². The summed E-state index contributed by atoms with van der Waals surface area (Å²) in [7, 11) is 0. The Balaban J connectivity index is 1.12. The van der Waals surface area contributed by atoms with Crippen molar-refractivity contribution in [1.29, 1.82) is 0 Å². The maximum atomic E-state index is 6.53. The average Bonchev–Trinajstić information content (AvgIpc) is 3.75. The highest BCUT2D eigenvalue weighted by Gasteiger charge is 2.35. The van der Waals surface area contributed by atoms with Crippen LogP contribution in [0.4, 0.5) is 0 Å². The minimum atomic E-state index is -0.158. The topological polar surface area (TPSA) is 51.8 Å². The first-order chi connectivity index (χ1) is 27.5. The molecule has 0 saturated carbocycles. The van der Waals surface area contributed by atoms with Crippen molar-refractivity contribution in [2.45, 2.75) is 19.3 Å². The van der Waals surface area contributed by atoms with E-state index in [1.54, 1.807) is 0 Å². The van der Waals surface area contributed by atoms with Crippen LogP contribution in [0.3, 0.4) is 0 Å². The van der Waals surface area contributed by atoms with Gasteiger partial charge in [0.15, 0.2) is 17.5 Å². The molecule has 10 aromatic rings. The van der Waals surface area contributed by atoms with E-state index in [4.69, 9.17) is 19.4 Å². The van der Waals surface area contributed by atoms with Gasteiger partial charge in [-0.2, -0.15) is 0 Å². The lowest BCUT2D eigenvalue weighted by Gasteiger charge is -2.21. The Labute approximate surface area is 324 Å². The van der Waals surface area contributed by atoms with Crippen LogP contribution in [0.5, 0.6) is 0 Å². The van der Waals surface area contributed by atoms with Crippen molar-refractivity contribution in [1.82, 2.24) is 15.0 Å². The molecule has 2 aromatic heterocycles. The summed E-state index contributed by atoms with van der Waals surface area (Å²) in [6.07, 6.45) is 0. The normalized spacial score (nSPS) is 13.0. The van der Waals surface area contributed by atoms with Crippen molar-refractivity contribution < 1.29 is 4.42 Å². The molecule has 0 N–H and O–H groups in total. The summed E-state index contributed by atoms with van der Waals surface area (Å²) in [6, 6.07) is 62.0. The maximum absolute atomic E-state index is 6.53. The first-order valence-electron chi connectivity index (χ1n) is 19.1. The van der Waals surface area contributed by atoms with Crippen LogP contribution in [0.2, 0.25) is 0 Å². The minimum absolute atomic E-state index is 0.158. The molecule has 0 radical (unpaired) electrons. The molecule has 0 amide bonds. The Kier molecular flexibility index (Phi) is 7.17. The van der Waals surface area contributed by atoms with Gasteiger partial charge in [0, 0.05) is 32.9 Å². The molecule has 0 saturated heterocycles. The van der Waals surface area contributed by atoms with Crippen LogP contribution in [0, 0.1) is 0 Å². The van der Waals surface area contributed by atoms with Gasteiger partial charge in [0.2, 0.25) is 0 Å². The van der Waals surface area contributed by atoms with Crippen LogP contribution in [-0.4, -0.2) is 15.0 Å². The molecule has 264 valence electrons. The average molecular weight is 718 g/mol. The van der Waals surface area contributed by atoms with Gasteiger partial charge in [-0.1, -0.05) is 153 Å². The summed E-state index contributed by atoms with van der Waals surface area (Å²) in [6.45, 7) is 4.61. The molecule has 0 spiro atoms. The van der Waals surface area contributed by atoms with Crippen molar-refractivity contribution in [2.24, 2.45) is 0 Å². The second kappa shape index (κ2) is 12.4. The third kappa shape index (κ3) is 5.18. The van der Waals surface area contributed by atoms with E-state index in [9.17, 15) is 0 Å². The van der Waals surface area contributed by atoms with Crippen molar-refractivity contribution in [3.8, 4) is 67.5 Å². The van der Waals surface area contributed by atoms with Crippen LogP contribution in [-0.2, 0) is 5.41 Å². The molecule has 56 heavy (non-hydrogen) atoms. The second-order valence-corrected chi connectivity index (χ2v) is 15.2. The molecule has 0 bridgehead atoms. The van der Waals surface area contributed by atoms with Gasteiger partial charge < -0.3 is 4.42 Å². The van der Waals surface area contributed by atoms with Crippen molar-refractivity contribution in [3.05, 3.63) is 187 Å². The Morgan fingerprint density at radius 1 is 0.375 bits per heavy atom. The molecule has 4 nitrogen and oxygen atoms in total. The third-order valence-corrected chi connectivity index (χ3v) is 11.5. The SMILES string of the molecule is CC1(C)c2ccccc2-c2ccc(-c3nc(-c4ccc5cc(-c6ccccc6)ccc5c4)nc(-c4cc(-c5ccccc5)c5c(c4)oc4ccccc45)n3)cc21. The fourth-order valence-electron chi connectivity index (χ4n) is 8.63. The van der Waals surface area contributed by atoms with E-state index in [0.29, 0.717) is 17.5 Å². The number of fused-ring (bicyclic) bond motifs is 7. The zero-order valence-electron chi connectivity index (χ0n) is 31.0. The predicted molar refractivity (Wildman–Crippen MR) is 229 cm³/mol. The van der Waals surface area contributed by atoms with Gasteiger partial charge in [-0.05, 0) is 91.7 Å². The fraction of sp³-hybridized carbons (Fsp3) is 0.0577. The van der Waals surface area contributed by atoms with Crippen LogP contribution >= 0.6 is 0 Å². The van der Waals surface area contributed by atoms with E-state index in [0.717, 1.165) is 60.5 Å². The number of para-hydroxylation sites is 1. The van der Waals surface area contributed by atoms with Crippen molar-refractivity contribution in [3.63, 3.8) is 0 Å². The van der Waals surface area contributed by atoms with Crippen LogP contribution < -0.4 is 0 Å². The Morgan fingerprint density at radius 3 is 1.71 bits per heavy atom. The lowest BCUT2D eigenvalue weighted by molar-refractivity contribution is 0.660. The van der Waals surface area contributed by atoms with Gasteiger partial charge in [-0.25, -0.2) is 15.0 Å². The fourth-order valence-corrected chi connectivity index (χ4v) is 8.63. The maximum Gasteiger partial charge on any atom is 0.164 e. The zero-order chi connectivity index (χ0) is 37.4. The molecule has 2 heterocycles. The largest absolute Gasteiger partial charge is 0.456 e. The summed E-state index contributed by atoms with van der Waals surface area (Å²) < 4.78 is 6.53. The second-order valence-electron chi connectivity index (χ2n) is 15.2. The van der Waals surface area contributed by atoms with Crippen LogP contribution in [0.1, 0.15) is 25.0 Å². The lowest BCUT2D eigenvalue weighted by Crippen LogP contribution is -2.15. The molecular formula is C52H35N3O. The summed E-state index contributed by atoms with van der Waals surface area (Å²) in [4.78, 5) is 15.7. The highest BCUT2D eigenvalue weighted by atomic mass is 16.3. The van der Waals surface area contributed by atoms with E-state index in [1.807, 2.05) is 24.3 Å². The minimum Gasteiger partial charge on any atom is -0.456 e. The van der Waals surface area contributed by atoms with E-state index in [1.165, 1.54) is 33.4 Å². The molecule has 1 aliphatic carbocycles. The quantitative estimate of drug-likeness (QED) is 0.178. The number of nitrogens with zero attached hydrogens (tertiary/aromatic N) is 3. The lowest BCUT2D eigenvalue weighted by atomic mass is 9.82. The number of hydrogen-bond acceptors (Lipinski definition) is 4. The standard InChI is InChI=1S/C52H35N3O/c1-52(2)44-19-11-9-17-40(44)41-26-25-38(30-45(41)52)50-53-49(37-24-23-35-27-34(21-22-36(35)28-37)32-13-5-3-6-14-32)54-51(55-50)39-29-43(33-15-7-4-8-16-33)48-42-18-10-12-20-46(42)56-47(48)31-39/h3-31H,1-2H3. The molecule has 0 aliphatic heterocycles. The van der Waals surface area contributed by atoms with Gasteiger partial charge in [0.1, 0.15) is 11.2 Å².